The first-order chi connectivity index (χ1) is 29.3. The second kappa shape index (κ2) is 19.3. The van der Waals surface area contributed by atoms with E-state index in [2.05, 4.69) is 37.2 Å². The van der Waals surface area contributed by atoms with Gasteiger partial charge < -0.3 is 34.6 Å². The summed E-state index contributed by atoms with van der Waals surface area (Å²) < 4.78 is 73.1. The van der Waals surface area contributed by atoms with E-state index in [1.54, 1.807) is 61.8 Å². The lowest BCUT2D eigenvalue weighted by Crippen LogP contribution is -2.45. The first kappa shape index (κ1) is 46.1. The number of amides is 2. The predicted molar refractivity (Wildman–Crippen MR) is 245 cm³/mol. The second-order valence-electron chi connectivity index (χ2n) is 16.5. The third kappa shape index (κ3) is 11.5. The largest absolute Gasteiger partial charge is 0.495 e. The average Bonchev–Trinajstić information content (AvgIpc) is 3.21. The molecule has 1 saturated heterocycles. The smallest absolute Gasteiger partial charge is 0.323 e. The number of sulfonamides is 2. The predicted octanol–water partition coefficient (Wildman–Crippen LogP) is 7.21. The molecule has 332 valence electrons. The Morgan fingerprint density at radius 2 is 1.52 bits per heavy atom. The number of benzene rings is 4. The van der Waals surface area contributed by atoms with E-state index in [9.17, 15) is 21.6 Å². The normalized spacial score (nSPS) is 14.1. The highest BCUT2D eigenvalue weighted by atomic mass is 32.2. The fraction of sp³-hybridized carbons (Fsp3) is 0.378. The number of hydrogen-bond acceptors (Lipinski definition) is 11. The molecule has 0 atom stereocenters. The molecule has 2 amide bonds. The van der Waals surface area contributed by atoms with Crippen LogP contribution in [0.2, 0.25) is 0 Å². The molecule has 1 aliphatic heterocycles. The van der Waals surface area contributed by atoms with Gasteiger partial charge in [-0.05, 0) is 79.0 Å². The van der Waals surface area contributed by atoms with Gasteiger partial charge in [0.05, 0.1) is 37.5 Å². The van der Waals surface area contributed by atoms with Crippen molar-refractivity contribution in [2.45, 2.75) is 43.9 Å². The molecule has 4 aromatic carbocycles. The van der Waals surface area contributed by atoms with Gasteiger partial charge in [-0.2, -0.15) is 0 Å². The minimum atomic E-state index is -3.79. The van der Waals surface area contributed by atoms with Crippen molar-refractivity contribution in [3.8, 4) is 23.0 Å². The number of pyridine rings is 1. The Kier molecular flexibility index (Phi) is 14.3. The molecule has 17 heteroatoms. The summed E-state index contributed by atoms with van der Waals surface area (Å²) >= 11 is 0. The van der Waals surface area contributed by atoms with Gasteiger partial charge in [0.2, 0.25) is 20.0 Å². The fourth-order valence-corrected chi connectivity index (χ4v) is 9.15. The summed E-state index contributed by atoms with van der Waals surface area (Å²) in [6.45, 7) is 11.2. The molecule has 3 N–H and O–H groups in total. The van der Waals surface area contributed by atoms with Crippen LogP contribution in [0.25, 0.3) is 10.8 Å². The minimum absolute atomic E-state index is 0.115. The highest BCUT2D eigenvalue weighted by molar-refractivity contribution is 7.92. The van der Waals surface area contributed by atoms with Crippen LogP contribution in [-0.2, 0) is 31.9 Å². The molecule has 5 aromatic rings. The van der Waals surface area contributed by atoms with E-state index in [1.165, 1.54) is 18.5 Å². The van der Waals surface area contributed by atoms with Crippen molar-refractivity contribution >= 4 is 53.9 Å². The number of hydrogen-bond donors (Lipinski definition) is 3. The topological polar surface area (TPSA) is 172 Å². The third-order valence-corrected chi connectivity index (χ3v) is 13.2. The molecule has 1 aliphatic rings. The molecule has 0 unspecified atom stereocenters. The van der Waals surface area contributed by atoms with Gasteiger partial charge in [-0.25, -0.2) is 25.9 Å². The maximum Gasteiger partial charge on any atom is 0.323 e. The number of carbonyl (C=O) groups is 1. The van der Waals surface area contributed by atoms with Gasteiger partial charge >= 0.3 is 6.03 Å². The Balaban J connectivity index is 1.15. The van der Waals surface area contributed by atoms with Crippen molar-refractivity contribution in [1.29, 1.82) is 0 Å². The van der Waals surface area contributed by atoms with Crippen molar-refractivity contribution < 1.29 is 35.8 Å². The number of aromatic nitrogens is 1. The highest BCUT2D eigenvalue weighted by Gasteiger charge is 2.26. The number of rotatable bonds is 16. The standard InChI is InChI=1S/C45H57N7O8S2/c1-45(2,3)32-28-38(43(59-7)39(29-32)49-61(8,54)55)48-44(53)47-37-15-16-40(36-13-10-9-12-35(36)37)60-34-18-19-46-33(30-34)26-31-14-17-42(41(27-31)58-6)62(56,57)51(5)20-11-21-52-24-22-50(4)23-25-52/h9-10,12-19,27-30,49H,11,20-26H2,1-8H3,(H2,47,48,53). The quantitative estimate of drug-likeness (QED) is 0.0915. The molecule has 15 nitrogen and oxygen atoms in total. The monoisotopic (exact) mass is 887 g/mol. The first-order valence-corrected chi connectivity index (χ1v) is 23.6. The van der Waals surface area contributed by atoms with Crippen LogP contribution in [0.3, 0.4) is 0 Å². The average molecular weight is 888 g/mol. The van der Waals surface area contributed by atoms with Crippen molar-refractivity contribution in [2.24, 2.45) is 0 Å². The summed E-state index contributed by atoms with van der Waals surface area (Å²) in [6, 6.07) is 22.6. The number of urea groups is 1. The Labute approximate surface area is 365 Å². The lowest BCUT2D eigenvalue weighted by molar-refractivity contribution is 0.151. The first-order valence-electron chi connectivity index (χ1n) is 20.3. The Morgan fingerprint density at radius 1 is 0.823 bits per heavy atom. The third-order valence-electron chi connectivity index (χ3n) is 10.7. The number of carbonyl (C=O) groups excluding carboxylic acids is 1. The zero-order chi connectivity index (χ0) is 44.8. The highest BCUT2D eigenvalue weighted by Crippen LogP contribution is 2.40. The number of nitrogens with zero attached hydrogens (tertiary/aromatic N) is 4. The van der Waals surface area contributed by atoms with Crippen molar-refractivity contribution in [3.05, 3.63) is 102 Å². The maximum atomic E-state index is 13.6. The van der Waals surface area contributed by atoms with Crippen LogP contribution in [0, 0.1) is 0 Å². The van der Waals surface area contributed by atoms with E-state index in [0.29, 0.717) is 41.2 Å². The van der Waals surface area contributed by atoms with Gasteiger partial charge in [0.1, 0.15) is 22.1 Å². The van der Waals surface area contributed by atoms with Gasteiger partial charge in [0, 0.05) is 74.9 Å². The molecule has 6 rings (SSSR count). The summed E-state index contributed by atoms with van der Waals surface area (Å²) in [5, 5.41) is 7.22. The lowest BCUT2D eigenvalue weighted by Gasteiger charge is -2.32. The summed E-state index contributed by atoms with van der Waals surface area (Å²) in [6.07, 6.45) is 3.83. The van der Waals surface area contributed by atoms with Crippen molar-refractivity contribution in [2.75, 3.05) is 89.2 Å². The maximum absolute atomic E-state index is 13.6. The number of anilines is 3. The van der Waals surface area contributed by atoms with Crippen LogP contribution in [0.1, 0.15) is 44.0 Å². The molecule has 0 saturated carbocycles. The summed E-state index contributed by atoms with van der Waals surface area (Å²) in [5.41, 5.74) is 2.92. The van der Waals surface area contributed by atoms with Crippen LogP contribution in [0.15, 0.2) is 90.0 Å². The van der Waals surface area contributed by atoms with Crippen LogP contribution in [-0.4, -0.2) is 116 Å². The van der Waals surface area contributed by atoms with Crippen molar-refractivity contribution in [3.63, 3.8) is 0 Å². The summed E-state index contributed by atoms with van der Waals surface area (Å²) in [5.74, 6) is 1.51. The van der Waals surface area contributed by atoms with Gasteiger partial charge in [-0.1, -0.05) is 51.1 Å². The number of nitrogens with one attached hydrogen (secondary N) is 3. The van der Waals surface area contributed by atoms with Gasteiger partial charge in [-0.15, -0.1) is 0 Å². The number of methoxy groups -OCH3 is 2. The summed E-state index contributed by atoms with van der Waals surface area (Å²) in [4.78, 5) is 22.9. The van der Waals surface area contributed by atoms with Crippen molar-refractivity contribution in [1.82, 2.24) is 19.1 Å². The van der Waals surface area contributed by atoms with Crippen LogP contribution < -0.4 is 29.6 Å². The molecule has 1 fully saturated rings. The number of ether oxygens (including phenoxy) is 3. The Bertz CT molecular complexity index is 2630. The fourth-order valence-electron chi connectivity index (χ4n) is 7.26. The molecular weight excluding hydrogens is 831 g/mol. The van der Waals surface area contributed by atoms with E-state index in [-0.39, 0.29) is 33.2 Å². The van der Waals surface area contributed by atoms with Gasteiger partial charge in [0.15, 0.2) is 5.75 Å². The molecule has 62 heavy (non-hydrogen) atoms. The van der Waals surface area contributed by atoms with E-state index in [0.717, 1.165) is 61.9 Å². The van der Waals surface area contributed by atoms with Crippen LogP contribution in [0.5, 0.6) is 23.0 Å². The zero-order valence-corrected chi connectivity index (χ0v) is 38.2. The molecular formula is C45H57N7O8S2. The van der Waals surface area contributed by atoms with E-state index < -0.39 is 26.1 Å². The van der Waals surface area contributed by atoms with E-state index in [1.807, 2.05) is 51.1 Å². The number of fused-ring (bicyclic) bond motifs is 1. The zero-order valence-electron chi connectivity index (χ0n) is 36.6. The number of piperazine rings is 1. The van der Waals surface area contributed by atoms with E-state index in [4.69, 9.17) is 14.2 Å². The summed E-state index contributed by atoms with van der Waals surface area (Å²) in [7, 11) is -0.845. The molecule has 1 aromatic heterocycles. The second-order valence-corrected chi connectivity index (χ2v) is 20.3. The van der Waals surface area contributed by atoms with E-state index >= 15 is 0 Å². The minimum Gasteiger partial charge on any atom is -0.495 e. The van der Waals surface area contributed by atoms with Gasteiger partial charge in [0.25, 0.3) is 0 Å². The van der Waals surface area contributed by atoms with Gasteiger partial charge in [-0.3, -0.25) is 9.71 Å². The Morgan fingerprint density at radius 3 is 2.19 bits per heavy atom. The molecule has 0 spiro atoms. The SMILES string of the molecule is COc1cc(Cc2cc(Oc3ccc(NC(=O)Nc4cc(C(C)(C)C)cc(NS(C)(=O)=O)c4OC)c4ccccc34)ccn2)ccc1S(=O)(=O)N(C)CCCN1CCN(C)CC1. The molecule has 0 radical (unpaired) electrons. The lowest BCUT2D eigenvalue weighted by atomic mass is 9.86. The van der Waals surface area contributed by atoms with Crippen LogP contribution >= 0.6 is 0 Å². The molecule has 0 aliphatic carbocycles. The van der Waals surface area contributed by atoms with Crippen LogP contribution in [0.4, 0.5) is 21.9 Å². The Hall–Kier alpha value is -5.46. The molecule has 0 bridgehead atoms. The number of likely N-dealkylation sites (N-methyl/N-ethyl adjacent to an activating group) is 1. The molecule has 2 heterocycles.